The Morgan fingerprint density at radius 2 is 1.97 bits per heavy atom. The molecule has 0 radical (unpaired) electrons. The second-order valence-electron chi connectivity index (χ2n) is 6.49. The van der Waals surface area contributed by atoms with Crippen LogP contribution in [0.5, 0.6) is 17.2 Å². The molecular formula is C22H21N3O4. The second-order valence-corrected chi connectivity index (χ2v) is 6.49. The molecular weight excluding hydrogens is 370 g/mol. The molecule has 0 fully saturated rings. The molecule has 1 amide bonds. The summed E-state index contributed by atoms with van der Waals surface area (Å²) in [5.74, 6) is 2.74. The number of nitrogens with zero attached hydrogens (tertiary/aromatic N) is 2. The van der Waals surface area contributed by atoms with Gasteiger partial charge in [-0.15, -0.1) is 0 Å². The predicted molar refractivity (Wildman–Crippen MR) is 109 cm³/mol. The summed E-state index contributed by atoms with van der Waals surface area (Å²) in [5.41, 5.74) is 1.55. The minimum absolute atomic E-state index is 0.221. The molecule has 0 saturated heterocycles. The van der Waals surface area contributed by atoms with Gasteiger partial charge in [0.15, 0.2) is 11.5 Å². The number of amides is 1. The van der Waals surface area contributed by atoms with E-state index < -0.39 is 0 Å². The van der Waals surface area contributed by atoms with Gasteiger partial charge in [-0.25, -0.2) is 4.98 Å². The van der Waals surface area contributed by atoms with Gasteiger partial charge < -0.3 is 24.1 Å². The first kappa shape index (κ1) is 18.6. The van der Waals surface area contributed by atoms with Crippen LogP contribution in [0.2, 0.25) is 0 Å². The number of carbonyl (C=O) groups excluding carboxylic acids is 1. The van der Waals surface area contributed by atoms with Gasteiger partial charge in [-0.3, -0.25) is 4.79 Å². The molecule has 4 rings (SSSR count). The number of hydrogen-bond acceptors (Lipinski definition) is 5. The topological polar surface area (TPSA) is 74.6 Å². The van der Waals surface area contributed by atoms with Crippen molar-refractivity contribution in [1.82, 2.24) is 9.55 Å². The van der Waals surface area contributed by atoms with Gasteiger partial charge in [0, 0.05) is 31.2 Å². The van der Waals surface area contributed by atoms with E-state index in [0.717, 1.165) is 17.1 Å². The molecule has 3 aromatic rings. The van der Waals surface area contributed by atoms with Crippen molar-refractivity contribution in [2.45, 2.75) is 6.61 Å². The quantitative estimate of drug-likeness (QED) is 0.652. The Kier molecular flexibility index (Phi) is 5.47. The van der Waals surface area contributed by atoms with E-state index in [1.165, 1.54) is 6.08 Å². The number of imidazole rings is 1. The molecule has 0 bridgehead atoms. The number of benzene rings is 2. The van der Waals surface area contributed by atoms with Crippen molar-refractivity contribution in [3.05, 3.63) is 72.3 Å². The minimum atomic E-state index is -0.221. The second kappa shape index (κ2) is 8.52. The SMILES string of the molecule is Cn1ccnc1COc1ccc(NC(=O)C=Cc2ccc3c(c2)OCCO3)cc1. The fraction of sp³-hybridized carbons (Fsp3) is 0.182. The maximum atomic E-state index is 12.2. The highest BCUT2D eigenvalue weighted by Crippen LogP contribution is 2.31. The highest BCUT2D eigenvalue weighted by atomic mass is 16.6. The molecule has 7 nitrogen and oxygen atoms in total. The zero-order chi connectivity index (χ0) is 20.1. The number of fused-ring (bicyclic) bond motifs is 1. The molecule has 7 heteroatoms. The van der Waals surface area contributed by atoms with Gasteiger partial charge in [-0.2, -0.15) is 0 Å². The monoisotopic (exact) mass is 391 g/mol. The van der Waals surface area contributed by atoms with Gasteiger partial charge in [-0.05, 0) is 48.0 Å². The third-order valence-electron chi connectivity index (χ3n) is 4.40. The number of rotatable bonds is 6. The smallest absolute Gasteiger partial charge is 0.248 e. The Hall–Kier alpha value is -3.74. The predicted octanol–water partition coefficient (Wildman–Crippen LogP) is 3.42. The number of aryl methyl sites for hydroxylation is 1. The van der Waals surface area contributed by atoms with E-state index in [9.17, 15) is 4.79 Å². The average Bonchev–Trinajstić information content (AvgIpc) is 3.16. The summed E-state index contributed by atoms with van der Waals surface area (Å²) in [6.07, 6.45) is 6.82. The molecule has 1 aromatic heterocycles. The van der Waals surface area contributed by atoms with Crippen LogP contribution in [0.4, 0.5) is 5.69 Å². The normalized spacial score (nSPS) is 12.7. The number of carbonyl (C=O) groups is 1. The molecule has 2 aromatic carbocycles. The highest BCUT2D eigenvalue weighted by Gasteiger charge is 2.10. The molecule has 148 valence electrons. The van der Waals surface area contributed by atoms with Crippen molar-refractivity contribution in [3.63, 3.8) is 0 Å². The summed E-state index contributed by atoms with van der Waals surface area (Å²) < 4.78 is 18.7. The van der Waals surface area contributed by atoms with Crippen molar-refractivity contribution in [2.75, 3.05) is 18.5 Å². The minimum Gasteiger partial charge on any atom is -0.486 e. The summed E-state index contributed by atoms with van der Waals surface area (Å²) in [7, 11) is 1.92. The number of ether oxygens (including phenoxy) is 3. The molecule has 0 spiro atoms. The van der Waals surface area contributed by atoms with Crippen molar-refractivity contribution in [3.8, 4) is 17.2 Å². The van der Waals surface area contributed by atoms with E-state index in [1.54, 1.807) is 24.4 Å². The van der Waals surface area contributed by atoms with Crippen LogP contribution in [-0.2, 0) is 18.4 Å². The molecule has 1 aliphatic rings. The number of nitrogens with one attached hydrogen (secondary N) is 1. The van der Waals surface area contributed by atoms with E-state index in [2.05, 4.69) is 10.3 Å². The van der Waals surface area contributed by atoms with E-state index in [4.69, 9.17) is 14.2 Å². The summed E-state index contributed by atoms with van der Waals surface area (Å²) in [6, 6.07) is 12.8. The number of anilines is 1. The Labute approximate surface area is 168 Å². The Balaban J connectivity index is 1.31. The van der Waals surface area contributed by atoms with Crippen LogP contribution < -0.4 is 19.5 Å². The molecule has 0 saturated carbocycles. The molecule has 29 heavy (non-hydrogen) atoms. The standard InChI is InChI=1S/C22H21N3O4/c1-25-11-10-23-21(25)15-29-18-6-4-17(5-7-18)24-22(26)9-3-16-2-8-19-20(14-16)28-13-12-27-19/h2-11,14H,12-13,15H2,1H3,(H,24,26). The van der Waals surface area contributed by atoms with Gasteiger partial charge >= 0.3 is 0 Å². The average molecular weight is 391 g/mol. The van der Waals surface area contributed by atoms with Crippen molar-refractivity contribution >= 4 is 17.7 Å². The van der Waals surface area contributed by atoms with Crippen LogP contribution in [0.25, 0.3) is 6.08 Å². The van der Waals surface area contributed by atoms with E-state index in [0.29, 0.717) is 37.0 Å². The van der Waals surface area contributed by atoms with Crippen LogP contribution in [0, 0.1) is 0 Å². The van der Waals surface area contributed by atoms with Crippen molar-refractivity contribution in [1.29, 1.82) is 0 Å². The summed E-state index contributed by atoms with van der Waals surface area (Å²) in [4.78, 5) is 16.4. The molecule has 0 aliphatic carbocycles. The van der Waals surface area contributed by atoms with Crippen molar-refractivity contribution < 1.29 is 19.0 Å². The van der Waals surface area contributed by atoms with E-state index in [-0.39, 0.29) is 5.91 Å². The highest BCUT2D eigenvalue weighted by molar-refractivity contribution is 6.01. The maximum Gasteiger partial charge on any atom is 0.248 e. The van der Waals surface area contributed by atoms with E-state index in [1.807, 2.05) is 48.1 Å². The van der Waals surface area contributed by atoms with Crippen LogP contribution in [-0.4, -0.2) is 28.7 Å². The summed E-state index contributed by atoms with van der Waals surface area (Å²) in [5, 5.41) is 2.83. The maximum absolute atomic E-state index is 12.2. The molecule has 0 atom stereocenters. The van der Waals surface area contributed by atoms with E-state index >= 15 is 0 Å². The fourth-order valence-electron chi connectivity index (χ4n) is 2.84. The third-order valence-corrected chi connectivity index (χ3v) is 4.40. The summed E-state index contributed by atoms with van der Waals surface area (Å²) >= 11 is 0. The van der Waals surface area contributed by atoms with Crippen LogP contribution >= 0.6 is 0 Å². The van der Waals surface area contributed by atoms with Crippen LogP contribution in [0.3, 0.4) is 0 Å². The first-order chi connectivity index (χ1) is 14.2. The fourth-order valence-corrected chi connectivity index (χ4v) is 2.84. The summed E-state index contributed by atoms with van der Waals surface area (Å²) in [6.45, 7) is 1.47. The number of aromatic nitrogens is 2. The van der Waals surface area contributed by atoms with Gasteiger partial charge in [0.2, 0.25) is 5.91 Å². The number of hydrogen-bond donors (Lipinski definition) is 1. The zero-order valence-electron chi connectivity index (χ0n) is 16.0. The van der Waals surface area contributed by atoms with Gasteiger partial charge in [0.05, 0.1) is 0 Å². The molecule has 2 heterocycles. The molecule has 1 N–H and O–H groups in total. The Morgan fingerprint density at radius 3 is 2.72 bits per heavy atom. The molecule has 0 unspecified atom stereocenters. The lowest BCUT2D eigenvalue weighted by atomic mass is 10.2. The van der Waals surface area contributed by atoms with Crippen LogP contribution in [0.1, 0.15) is 11.4 Å². The lowest BCUT2D eigenvalue weighted by molar-refractivity contribution is -0.111. The Morgan fingerprint density at radius 1 is 1.17 bits per heavy atom. The lowest BCUT2D eigenvalue weighted by Crippen LogP contribution is -2.15. The zero-order valence-corrected chi connectivity index (χ0v) is 16.0. The first-order valence-electron chi connectivity index (χ1n) is 9.25. The third kappa shape index (κ3) is 4.76. The van der Waals surface area contributed by atoms with Crippen LogP contribution in [0.15, 0.2) is 60.9 Å². The van der Waals surface area contributed by atoms with Gasteiger partial charge in [0.25, 0.3) is 0 Å². The lowest BCUT2D eigenvalue weighted by Gasteiger charge is -2.18. The Bertz CT molecular complexity index is 1020. The van der Waals surface area contributed by atoms with Gasteiger partial charge in [0.1, 0.15) is 31.4 Å². The van der Waals surface area contributed by atoms with Gasteiger partial charge in [-0.1, -0.05) is 6.07 Å². The molecule has 1 aliphatic heterocycles. The first-order valence-corrected chi connectivity index (χ1v) is 9.25. The largest absolute Gasteiger partial charge is 0.486 e. The van der Waals surface area contributed by atoms with Crippen molar-refractivity contribution in [2.24, 2.45) is 7.05 Å².